The summed E-state index contributed by atoms with van der Waals surface area (Å²) in [5.74, 6) is 0. The highest BCUT2D eigenvalue weighted by Gasteiger charge is 1.89. The van der Waals surface area contributed by atoms with Crippen molar-refractivity contribution in [3.63, 3.8) is 0 Å². The van der Waals surface area contributed by atoms with Crippen LogP contribution in [0.3, 0.4) is 0 Å². The first-order valence-electron chi connectivity index (χ1n) is 5.37. The van der Waals surface area contributed by atoms with Crippen molar-refractivity contribution in [1.82, 2.24) is 5.41 Å². The van der Waals surface area contributed by atoms with Crippen LogP contribution in [0.4, 0.5) is 0 Å². The molecule has 1 nitrogen and oxygen atoms in total. The molecule has 0 bridgehead atoms. The highest BCUT2D eigenvalue weighted by Crippen LogP contribution is 2.08. The first-order valence-corrected chi connectivity index (χ1v) is 5.37. The molecule has 0 fully saturated rings. The Kier molecular flexibility index (Phi) is 10.4. The minimum Gasteiger partial charge on any atom is -0.164 e. The molecule has 0 aliphatic carbocycles. The highest BCUT2D eigenvalue weighted by molar-refractivity contribution is 5.53. The quantitative estimate of drug-likeness (QED) is 0.372. The van der Waals surface area contributed by atoms with Gasteiger partial charge in [0.1, 0.15) is 0 Å². The van der Waals surface area contributed by atoms with Crippen LogP contribution in [0.1, 0.15) is 64.7 Å². The van der Waals surface area contributed by atoms with Crippen LogP contribution in [-0.4, -0.2) is 6.21 Å². The van der Waals surface area contributed by atoms with E-state index in [1.54, 1.807) is 0 Å². The van der Waals surface area contributed by atoms with Crippen LogP contribution in [0.5, 0.6) is 0 Å². The molecule has 1 radical (unpaired) electrons. The second kappa shape index (κ2) is 10.7. The van der Waals surface area contributed by atoms with Gasteiger partial charge in [0.2, 0.25) is 0 Å². The van der Waals surface area contributed by atoms with Gasteiger partial charge in [-0.2, -0.15) is 5.41 Å². The maximum absolute atomic E-state index is 8.41. The van der Waals surface area contributed by atoms with E-state index in [4.69, 9.17) is 5.41 Å². The summed E-state index contributed by atoms with van der Waals surface area (Å²) in [6.45, 7) is 2.25. The Bertz CT molecular complexity index is 89.0. The molecule has 0 spiro atoms. The lowest BCUT2D eigenvalue weighted by molar-refractivity contribution is 0.581. The summed E-state index contributed by atoms with van der Waals surface area (Å²) in [5, 5.41) is 8.41. The van der Waals surface area contributed by atoms with Crippen LogP contribution < -0.4 is 5.41 Å². The van der Waals surface area contributed by atoms with Crippen molar-refractivity contribution in [3.05, 3.63) is 0 Å². The van der Waals surface area contributed by atoms with Crippen molar-refractivity contribution < 1.29 is 0 Å². The van der Waals surface area contributed by atoms with Crippen molar-refractivity contribution in [2.75, 3.05) is 0 Å². The van der Waals surface area contributed by atoms with Gasteiger partial charge in [-0.1, -0.05) is 51.9 Å². The predicted molar refractivity (Wildman–Crippen MR) is 55.4 cm³/mol. The Morgan fingerprint density at radius 3 is 1.83 bits per heavy atom. The van der Waals surface area contributed by atoms with Crippen LogP contribution in [-0.2, 0) is 0 Å². The van der Waals surface area contributed by atoms with E-state index in [-0.39, 0.29) is 0 Å². The predicted octanol–water partition coefficient (Wildman–Crippen LogP) is 3.39. The molecular weight excluding hydrogens is 146 g/mol. The molecule has 0 aliphatic heterocycles. The first kappa shape index (κ1) is 11.7. The average molecular weight is 168 g/mol. The molecule has 0 N–H and O–H groups in total. The van der Waals surface area contributed by atoms with Gasteiger partial charge in [-0.3, -0.25) is 0 Å². The van der Waals surface area contributed by atoms with Gasteiger partial charge in [0.15, 0.2) is 0 Å². The maximum Gasteiger partial charge on any atom is 0.0270 e. The molecule has 0 atom stereocenters. The molecule has 0 heterocycles. The fraction of sp³-hybridized carbons (Fsp3) is 0.909. The zero-order valence-electron chi connectivity index (χ0n) is 8.39. The Hall–Kier alpha value is -0.330. The number of nitrogens with zero attached hydrogens (tertiary/aromatic N) is 1. The van der Waals surface area contributed by atoms with Crippen LogP contribution in [0, 0.1) is 0 Å². The SMILES string of the molecule is CCCCCCCCCCC=[N]. The number of hydrogen-bond donors (Lipinski definition) is 0. The molecular formula is C11H22N. The summed E-state index contributed by atoms with van der Waals surface area (Å²) in [7, 11) is 0. The molecule has 12 heavy (non-hydrogen) atoms. The molecule has 0 amide bonds. The van der Waals surface area contributed by atoms with Gasteiger partial charge in [0, 0.05) is 6.21 Å². The summed E-state index contributed by atoms with van der Waals surface area (Å²) in [6, 6.07) is 0. The summed E-state index contributed by atoms with van der Waals surface area (Å²) in [6.07, 6.45) is 12.8. The second-order valence-electron chi connectivity index (χ2n) is 3.45. The van der Waals surface area contributed by atoms with Crippen molar-refractivity contribution in [1.29, 1.82) is 0 Å². The minimum absolute atomic E-state index is 0.870. The van der Waals surface area contributed by atoms with Gasteiger partial charge in [-0.15, -0.1) is 0 Å². The Morgan fingerprint density at radius 2 is 1.33 bits per heavy atom. The Balaban J connectivity index is 2.77. The van der Waals surface area contributed by atoms with Crippen molar-refractivity contribution in [2.24, 2.45) is 0 Å². The lowest BCUT2D eigenvalue weighted by Crippen LogP contribution is -1.81. The van der Waals surface area contributed by atoms with E-state index in [1.165, 1.54) is 51.2 Å². The zero-order valence-corrected chi connectivity index (χ0v) is 8.39. The van der Waals surface area contributed by atoms with Gasteiger partial charge >= 0.3 is 0 Å². The number of hydrogen-bond acceptors (Lipinski definition) is 0. The van der Waals surface area contributed by atoms with Crippen LogP contribution in [0.25, 0.3) is 0 Å². The molecule has 0 aromatic rings. The van der Waals surface area contributed by atoms with E-state index < -0.39 is 0 Å². The van der Waals surface area contributed by atoms with E-state index in [0.29, 0.717) is 0 Å². The van der Waals surface area contributed by atoms with E-state index in [9.17, 15) is 0 Å². The lowest BCUT2D eigenvalue weighted by atomic mass is 10.1. The molecule has 0 aliphatic rings. The first-order chi connectivity index (χ1) is 5.91. The molecule has 1 heteroatoms. The van der Waals surface area contributed by atoms with Crippen LogP contribution >= 0.6 is 0 Å². The van der Waals surface area contributed by atoms with Gasteiger partial charge in [0.25, 0.3) is 0 Å². The standard InChI is InChI=1S/C11H22N/c1-2-3-4-5-6-7-8-9-10-11-12/h11H,2-10H2,1H3. The third-order valence-electron chi connectivity index (χ3n) is 2.19. The smallest absolute Gasteiger partial charge is 0.0270 e. The molecule has 0 aromatic carbocycles. The molecule has 0 saturated heterocycles. The molecule has 0 unspecified atom stereocenters. The zero-order chi connectivity index (χ0) is 9.07. The fourth-order valence-electron chi connectivity index (χ4n) is 1.37. The van der Waals surface area contributed by atoms with E-state index in [1.807, 2.05) is 0 Å². The fourth-order valence-corrected chi connectivity index (χ4v) is 1.37. The monoisotopic (exact) mass is 168 g/mol. The van der Waals surface area contributed by atoms with Gasteiger partial charge < -0.3 is 0 Å². The van der Waals surface area contributed by atoms with Crippen molar-refractivity contribution in [3.8, 4) is 0 Å². The summed E-state index contributed by atoms with van der Waals surface area (Å²) in [4.78, 5) is 0. The molecule has 0 aromatic heterocycles. The molecule has 0 saturated carbocycles. The molecule has 0 rings (SSSR count). The average Bonchev–Trinajstić information content (AvgIpc) is 2.10. The van der Waals surface area contributed by atoms with Crippen molar-refractivity contribution in [2.45, 2.75) is 64.7 Å². The largest absolute Gasteiger partial charge is 0.164 e. The number of unbranched alkanes of at least 4 members (excludes halogenated alkanes) is 8. The van der Waals surface area contributed by atoms with Gasteiger partial charge in [-0.05, 0) is 12.8 Å². The normalized spacial score (nSPS) is 10.1. The lowest BCUT2D eigenvalue weighted by Gasteiger charge is -1.98. The van der Waals surface area contributed by atoms with E-state index >= 15 is 0 Å². The third kappa shape index (κ3) is 9.67. The second-order valence-corrected chi connectivity index (χ2v) is 3.45. The highest BCUT2D eigenvalue weighted by atomic mass is 14.3. The maximum atomic E-state index is 8.41. The van der Waals surface area contributed by atoms with Gasteiger partial charge in [0.05, 0.1) is 0 Å². The van der Waals surface area contributed by atoms with Crippen LogP contribution in [0.2, 0.25) is 0 Å². The Morgan fingerprint density at radius 1 is 0.833 bits per heavy atom. The number of rotatable bonds is 9. The topological polar surface area (TPSA) is 22.3 Å². The summed E-state index contributed by atoms with van der Waals surface area (Å²) >= 11 is 0. The van der Waals surface area contributed by atoms with Crippen LogP contribution in [0.15, 0.2) is 0 Å². The van der Waals surface area contributed by atoms with E-state index in [2.05, 4.69) is 6.92 Å². The third-order valence-corrected chi connectivity index (χ3v) is 2.19. The van der Waals surface area contributed by atoms with Gasteiger partial charge in [-0.25, -0.2) is 0 Å². The van der Waals surface area contributed by atoms with Crippen molar-refractivity contribution >= 4 is 6.21 Å². The van der Waals surface area contributed by atoms with E-state index in [0.717, 1.165) is 12.8 Å². The summed E-state index contributed by atoms with van der Waals surface area (Å²) in [5.41, 5.74) is 0. The Labute approximate surface area is 77.1 Å². The minimum atomic E-state index is 0.870. The summed E-state index contributed by atoms with van der Waals surface area (Å²) < 4.78 is 0. The molecule has 71 valence electrons.